The minimum Gasteiger partial charge on any atom is -0.344 e. The van der Waals surface area contributed by atoms with Gasteiger partial charge in [0, 0.05) is 24.5 Å². The lowest BCUT2D eigenvalue weighted by molar-refractivity contribution is 0.524. The monoisotopic (exact) mass is 288 g/mol. The summed E-state index contributed by atoms with van der Waals surface area (Å²) in [6.07, 6.45) is 4.32. The van der Waals surface area contributed by atoms with Crippen LogP contribution in [0.2, 0.25) is 0 Å². The highest BCUT2D eigenvalue weighted by atomic mass is 15.3. The lowest BCUT2D eigenvalue weighted by atomic mass is 10.2. The van der Waals surface area contributed by atoms with Crippen LogP contribution >= 0.6 is 0 Å². The van der Waals surface area contributed by atoms with E-state index in [0.29, 0.717) is 6.04 Å². The van der Waals surface area contributed by atoms with Gasteiger partial charge in [-0.2, -0.15) is 5.10 Å². The van der Waals surface area contributed by atoms with Gasteiger partial charge in [0.05, 0.1) is 17.9 Å². The minimum atomic E-state index is 0.378. The van der Waals surface area contributed by atoms with Crippen LogP contribution in [-0.4, -0.2) is 20.9 Å². The van der Waals surface area contributed by atoms with Gasteiger partial charge in [-0.25, -0.2) is 0 Å². The van der Waals surface area contributed by atoms with Gasteiger partial charge in [0.15, 0.2) is 0 Å². The SMILES string of the molecule is CCCNC(C)c1cccn1Cc1cc(CC)nn1CC. The Morgan fingerprint density at radius 3 is 2.76 bits per heavy atom. The van der Waals surface area contributed by atoms with Gasteiger partial charge in [-0.15, -0.1) is 0 Å². The van der Waals surface area contributed by atoms with Crippen LogP contribution in [0, 0.1) is 0 Å². The molecular weight excluding hydrogens is 260 g/mol. The van der Waals surface area contributed by atoms with Crippen LogP contribution in [-0.2, 0) is 19.5 Å². The van der Waals surface area contributed by atoms with Gasteiger partial charge in [0.2, 0.25) is 0 Å². The molecule has 0 fully saturated rings. The molecule has 1 unspecified atom stereocenters. The second kappa shape index (κ2) is 7.46. The Balaban J connectivity index is 2.16. The number of aromatic nitrogens is 3. The van der Waals surface area contributed by atoms with Crippen molar-refractivity contribution < 1.29 is 0 Å². The van der Waals surface area contributed by atoms with E-state index in [0.717, 1.165) is 32.5 Å². The van der Waals surface area contributed by atoms with E-state index in [2.05, 4.69) is 71.8 Å². The van der Waals surface area contributed by atoms with E-state index in [9.17, 15) is 0 Å². The summed E-state index contributed by atoms with van der Waals surface area (Å²) in [7, 11) is 0. The summed E-state index contributed by atoms with van der Waals surface area (Å²) >= 11 is 0. The van der Waals surface area contributed by atoms with Crippen molar-refractivity contribution in [3.05, 3.63) is 41.5 Å². The average molecular weight is 288 g/mol. The molecule has 0 aliphatic heterocycles. The van der Waals surface area contributed by atoms with E-state index in [1.807, 2.05) is 0 Å². The first-order valence-electron chi connectivity index (χ1n) is 8.13. The molecule has 2 rings (SSSR count). The molecule has 2 aromatic rings. The van der Waals surface area contributed by atoms with Crippen molar-refractivity contribution in [2.75, 3.05) is 6.54 Å². The van der Waals surface area contributed by atoms with Gasteiger partial charge in [0.1, 0.15) is 0 Å². The van der Waals surface area contributed by atoms with Crippen LogP contribution in [0.25, 0.3) is 0 Å². The van der Waals surface area contributed by atoms with Crippen molar-refractivity contribution in [1.29, 1.82) is 0 Å². The molecule has 4 heteroatoms. The molecule has 0 spiro atoms. The molecule has 1 atom stereocenters. The Labute approximate surface area is 128 Å². The van der Waals surface area contributed by atoms with Crippen molar-refractivity contribution in [3.8, 4) is 0 Å². The lowest BCUT2D eigenvalue weighted by Gasteiger charge is -2.17. The van der Waals surface area contributed by atoms with Crippen molar-refractivity contribution >= 4 is 0 Å². The van der Waals surface area contributed by atoms with Crippen LogP contribution in [0.1, 0.15) is 57.2 Å². The van der Waals surface area contributed by atoms with E-state index in [4.69, 9.17) is 0 Å². The van der Waals surface area contributed by atoms with Gasteiger partial charge in [-0.1, -0.05) is 13.8 Å². The highest BCUT2D eigenvalue weighted by Crippen LogP contribution is 2.16. The summed E-state index contributed by atoms with van der Waals surface area (Å²) in [6.45, 7) is 11.6. The van der Waals surface area contributed by atoms with Crippen molar-refractivity contribution in [2.45, 2.75) is 59.7 Å². The number of nitrogens with zero attached hydrogens (tertiary/aromatic N) is 3. The molecule has 21 heavy (non-hydrogen) atoms. The normalized spacial score (nSPS) is 12.8. The third kappa shape index (κ3) is 3.76. The summed E-state index contributed by atoms with van der Waals surface area (Å²) in [5, 5.41) is 8.20. The van der Waals surface area contributed by atoms with E-state index in [1.54, 1.807) is 0 Å². The fraction of sp³-hybridized carbons (Fsp3) is 0.588. The average Bonchev–Trinajstić information content (AvgIpc) is 3.11. The molecule has 0 radical (unpaired) electrons. The number of hydrogen-bond donors (Lipinski definition) is 1. The molecule has 116 valence electrons. The Bertz CT molecular complexity index is 553. The largest absolute Gasteiger partial charge is 0.344 e. The maximum Gasteiger partial charge on any atom is 0.0642 e. The van der Waals surface area contributed by atoms with Gasteiger partial charge in [-0.3, -0.25) is 4.68 Å². The first-order chi connectivity index (χ1) is 10.2. The lowest BCUT2D eigenvalue weighted by Crippen LogP contribution is -2.22. The summed E-state index contributed by atoms with van der Waals surface area (Å²) < 4.78 is 4.45. The van der Waals surface area contributed by atoms with Crippen molar-refractivity contribution in [2.24, 2.45) is 0 Å². The van der Waals surface area contributed by atoms with Crippen LogP contribution in [0.15, 0.2) is 24.4 Å². The van der Waals surface area contributed by atoms with Gasteiger partial charge in [-0.05, 0) is 51.4 Å². The van der Waals surface area contributed by atoms with E-state index >= 15 is 0 Å². The Hall–Kier alpha value is -1.55. The fourth-order valence-corrected chi connectivity index (χ4v) is 2.69. The Morgan fingerprint density at radius 2 is 2.10 bits per heavy atom. The fourth-order valence-electron chi connectivity index (χ4n) is 2.69. The zero-order valence-corrected chi connectivity index (χ0v) is 13.8. The first-order valence-corrected chi connectivity index (χ1v) is 8.13. The standard InChI is InChI=1S/C17H28N4/c1-5-10-18-14(4)17-9-8-11-20(17)13-16-12-15(6-2)19-21(16)7-3/h8-9,11-12,14,18H,5-7,10,13H2,1-4H3. The van der Waals surface area contributed by atoms with Crippen LogP contribution in [0.5, 0.6) is 0 Å². The molecule has 0 aromatic carbocycles. The Morgan fingerprint density at radius 1 is 1.29 bits per heavy atom. The van der Waals surface area contributed by atoms with Crippen molar-refractivity contribution in [3.63, 3.8) is 0 Å². The maximum absolute atomic E-state index is 4.64. The summed E-state index contributed by atoms with van der Waals surface area (Å²) in [5.41, 5.74) is 3.80. The van der Waals surface area contributed by atoms with E-state index < -0.39 is 0 Å². The molecular formula is C17H28N4. The predicted molar refractivity (Wildman–Crippen MR) is 87.5 cm³/mol. The second-order valence-electron chi connectivity index (χ2n) is 5.53. The number of rotatable bonds is 8. The molecule has 0 bridgehead atoms. The molecule has 0 amide bonds. The number of hydrogen-bond acceptors (Lipinski definition) is 2. The second-order valence-corrected chi connectivity index (χ2v) is 5.53. The molecule has 2 heterocycles. The highest BCUT2D eigenvalue weighted by molar-refractivity contribution is 5.16. The topological polar surface area (TPSA) is 34.8 Å². The van der Waals surface area contributed by atoms with Crippen LogP contribution < -0.4 is 5.32 Å². The number of aryl methyl sites for hydroxylation is 2. The molecule has 2 aromatic heterocycles. The van der Waals surface area contributed by atoms with Gasteiger partial charge >= 0.3 is 0 Å². The molecule has 1 N–H and O–H groups in total. The van der Waals surface area contributed by atoms with E-state index in [-0.39, 0.29) is 0 Å². The summed E-state index contributed by atoms with van der Waals surface area (Å²) in [4.78, 5) is 0. The number of nitrogens with one attached hydrogen (secondary N) is 1. The van der Waals surface area contributed by atoms with E-state index in [1.165, 1.54) is 17.1 Å². The van der Waals surface area contributed by atoms with Crippen LogP contribution in [0.4, 0.5) is 0 Å². The van der Waals surface area contributed by atoms with Crippen LogP contribution in [0.3, 0.4) is 0 Å². The zero-order valence-electron chi connectivity index (χ0n) is 13.8. The molecule has 0 aliphatic carbocycles. The predicted octanol–water partition coefficient (Wildman–Crippen LogP) is 3.38. The smallest absolute Gasteiger partial charge is 0.0642 e. The highest BCUT2D eigenvalue weighted by Gasteiger charge is 2.12. The third-order valence-electron chi connectivity index (χ3n) is 3.92. The molecule has 0 saturated carbocycles. The van der Waals surface area contributed by atoms with Gasteiger partial charge < -0.3 is 9.88 Å². The minimum absolute atomic E-state index is 0.378. The third-order valence-corrected chi connectivity index (χ3v) is 3.92. The summed E-state index contributed by atoms with van der Waals surface area (Å²) in [5.74, 6) is 0. The maximum atomic E-state index is 4.64. The summed E-state index contributed by atoms with van der Waals surface area (Å²) in [6, 6.07) is 6.95. The van der Waals surface area contributed by atoms with Crippen molar-refractivity contribution in [1.82, 2.24) is 19.7 Å². The quantitative estimate of drug-likeness (QED) is 0.808. The van der Waals surface area contributed by atoms with Gasteiger partial charge in [0.25, 0.3) is 0 Å². The zero-order chi connectivity index (χ0) is 15.2. The molecule has 0 saturated heterocycles. The molecule has 0 aliphatic rings. The first kappa shape index (κ1) is 15.8. The Kier molecular flexibility index (Phi) is 5.62. The molecule has 4 nitrogen and oxygen atoms in total.